The molecule has 0 spiro atoms. The largest absolute Gasteiger partial charge is 0.489 e. The molecule has 8 aliphatic heterocycles. The number of nitrogens with one attached hydrogen (secondary N) is 3. The van der Waals surface area contributed by atoms with Crippen LogP contribution in [0.5, 0.6) is 17.2 Å². The molecule has 9 fully saturated rings. The van der Waals surface area contributed by atoms with E-state index in [1.54, 1.807) is 84.8 Å². The predicted molar refractivity (Wildman–Crippen MR) is 566 cm³/mol. The van der Waals surface area contributed by atoms with Gasteiger partial charge in [0.15, 0.2) is 6.29 Å². The fourth-order valence-corrected chi connectivity index (χ4v) is 19.8. The molecule has 13 heterocycles. The lowest BCUT2D eigenvalue weighted by Crippen LogP contribution is -2.53. The Balaban J connectivity index is 0.000000200. The van der Waals surface area contributed by atoms with Crippen molar-refractivity contribution in [3.63, 3.8) is 0 Å². The van der Waals surface area contributed by atoms with Crippen molar-refractivity contribution < 1.29 is 95.2 Å². The number of methoxy groups -OCH3 is 6. The quantitative estimate of drug-likeness (QED) is 0.0100. The number of ether oxygens (including phenoxy) is 12. The summed E-state index contributed by atoms with van der Waals surface area (Å²) < 4.78 is 63.5. The number of alkyl halides is 1. The minimum atomic E-state index is -0.757. The van der Waals surface area contributed by atoms with Gasteiger partial charge in [-0.3, -0.25) is 73.9 Å². The molecule has 5 amide bonds. The van der Waals surface area contributed by atoms with Crippen LogP contribution in [0.15, 0.2) is 73.1 Å². The Morgan fingerprint density at radius 2 is 0.993 bits per heavy atom. The van der Waals surface area contributed by atoms with Gasteiger partial charge in [-0.25, -0.2) is 24.5 Å². The van der Waals surface area contributed by atoms with Crippen molar-refractivity contribution in [3.05, 3.63) is 146 Å². The molecule has 5 aromatic heterocycles. The van der Waals surface area contributed by atoms with E-state index >= 15 is 0 Å². The summed E-state index contributed by atoms with van der Waals surface area (Å²) >= 11 is 2.94. The van der Waals surface area contributed by atoms with Gasteiger partial charge in [-0.2, -0.15) is 10.5 Å². The topological polar surface area (TPSA) is 444 Å². The fourth-order valence-electron chi connectivity index (χ4n) is 19.6. The normalized spacial score (nSPS) is 19.4. The van der Waals surface area contributed by atoms with Crippen LogP contribution in [-0.4, -0.2) is 298 Å². The van der Waals surface area contributed by atoms with E-state index in [1.165, 1.54) is 106 Å². The van der Waals surface area contributed by atoms with Crippen molar-refractivity contribution in [3.8, 4) is 29.4 Å². The Labute approximate surface area is 891 Å². The number of halogens is 3. The number of nitrogens with two attached hydrogens (primary N) is 1. The number of anilines is 3. The average Bonchev–Trinajstić information content (AvgIpc) is 1.15. The zero-order valence-corrected chi connectivity index (χ0v) is 91.0. The molecular weight excluding hydrogens is 2010 g/mol. The van der Waals surface area contributed by atoms with Crippen LogP contribution < -0.4 is 40.8 Å². The number of pyridine rings is 5. The van der Waals surface area contributed by atoms with Crippen molar-refractivity contribution in [2.75, 3.05) is 168 Å². The lowest BCUT2D eigenvalue weighted by Gasteiger charge is -2.38. The standard InChI is InChI=1S/C29H35N7O5.C20H29N3O3.C16H13N3O3.C13H17NO3.C10H19NO2.C9H18N2O2.C6H13N.C4H7BrO2.2ClH/c1-39-28(40-2)26-19(15-35-16-21-6-4-9-34(21)17-25(35)37)11-18-5-3-10-36(27(18)33-26)29(38)32-24-12-23(41-22-7-8-22)20(13-30)14-31-24;1-25-20(26-2)19-15(10-14-6-3-4-8-17(14)21-19)11-23-12-16-7-5-9-22(16)13-18(23)24;17-9-11-10-18-15(8-14(11)21-13-6-7-13)19-16(20)22-12-4-2-1-3-5-12;1-16-13(17-2)12-10(8-15)7-9-5-3-4-6-11(9)14-12;1-3-9-6-5-7-11(9)8-10(12)13-4-2;1-2-13-9(12)7-11-5-3-4-8(11)6-10;1-2-6-4-3-5-7-6;1-2-7-4(6)3-5;;/h11-12,14,21-22,28H,3-10,15-17H2,1-2H3,(H,31,32,38);10,16,20H,3-9,11-13H2,1-2H3;1-5,8,10,13H,6-7H2,(H,18,19,20);7-8,13H,3-6H2,1-2H3;9H,3-8H2,1-2H3;8H,2-7,10H2,1H3;6-7H,2-5H2,1H3;2-3H2,1H3;2*1H. The molecule has 12 aliphatic rings. The summed E-state index contributed by atoms with van der Waals surface area (Å²) in [6.07, 6.45) is 30.1. The molecule has 7 saturated heterocycles. The third-order valence-corrected chi connectivity index (χ3v) is 27.9. The Morgan fingerprint density at radius 1 is 0.527 bits per heavy atom. The Bertz CT molecular complexity index is 5260. The second kappa shape index (κ2) is 63.8. The van der Waals surface area contributed by atoms with Crippen LogP contribution in [0.2, 0.25) is 0 Å². The molecular formula is C107H153BrCl2N18O20. The molecule has 6 aromatic rings. The summed E-state index contributed by atoms with van der Waals surface area (Å²) in [5.74, 6) is 2.28. The van der Waals surface area contributed by atoms with Crippen LogP contribution in [0.1, 0.15) is 266 Å². The van der Waals surface area contributed by atoms with Crippen LogP contribution >= 0.6 is 40.7 Å². The van der Waals surface area contributed by atoms with Gasteiger partial charge < -0.3 is 77.7 Å². The maximum Gasteiger partial charge on any atom is 0.418 e. The van der Waals surface area contributed by atoms with E-state index < -0.39 is 25.0 Å². The first-order chi connectivity index (χ1) is 71.0. The Kier molecular flexibility index (Phi) is 52.2. The third-order valence-electron chi connectivity index (χ3n) is 27.5. The number of nitriles is 2. The number of likely N-dealkylation sites (tertiary alicyclic amines) is 2. The maximum atomic E-state index is 13.5. The molecule has 5 unspecified atom stereocenters. The summed E-state index contributed by atoms with van der Waals surface area (Å²) in [4.78, 5) is 132. The van der Waals surface area contributed by atoms with Crippen molar-refractivity contribution >= 4 is 106 Å². The highest BCUT2D eigenvalue weighted by Gasteiger charge is 2.40. The first-order valence-corrected chi connectivity index (χ1v) is 53.0. The monoisotopic (exact) mass is 2160 g/mol. The van der Waals surface area contributed by atoms with Crippen LogP contribution in [0.25, 0.3) is 0 Å². The van der Waals surface area contributed by atoms with Gasteiger partial charge in [0.25, 0.3) is 0 Å². The van der Waals surface area contributed by atoms with E-state index in [-0.39, 0.29) is 78.6 Å². The Hall–Kier alpha value is -10.3. The van der Waals surface area contributed by atoms with E-state index in [0.29, 0.717) is 165 Å². The van der Waals surface area contributed by atoms with Gasteiger partial charge in [0, 0.05) is 141 Å². The molecule has 148 heavy (non-hydrogen) atoms. The molecule has 38 nitrogen and oxygen atoms in total. The second-order valence-electron chi connectivity index (χ2n) is 37.7. The first kappa shape index (κ1) is 121. The highest BCUT2D eigenvalue weighted by molar-refractivity contribution is 9.09. The number of amides is 5. The van der Waals surface area contributed by atoms with Crippen LogP contribution in [0.3, 0.4) is 0 Å². The molecule has 5 N–H and O–H groups in total. The molecule has 4 aliphatic carbocycles. The predicted octanol–water partition coefficient (Wildman–Crippen LogP) is 14.5. The number of hydrogen-bond acceptors (Lipinski definition) is 33. The number of benzene rings is 1. The number of aryl methyl sites for hydroxylation is 5. The number of rotatable bonds is 32. The Morgan fingerprint density at radius 3 is 1.45 bits per heavy atom. The number of para-hydroxylation sites is 1. The zero-order chi connectivity index (χ0) is 104. The number of piperazine rings is 2. The highest BCUT2D eigenvalue weighted by atomic mass is 79.9. The number of aldehydes is 1. The van der Waals surface area contributed by atoms with Gasteiger partial charge in [-0.1, -0.05) is 54.0 Å². The lowest BCUT2D eigenvalue weighted by atomic mass is 9.93. The molecule has 0 bridgehead atoms. The number of aromatic nitrogens is 5. The van der Waals surface area contributed by atoms with Gasteiger partial charge in [-0.05, 0) is 273 Å². The SMILES string of the molecule is CCC1CCCN1.CCOC(=O)CBr.CCOC(=O)CN1CCCC1CC.CCOC(=O)CN1CCCC1CN.COC(OC)c1nc2c(cc1C=O)CCCC2.COC(OC)c1nc2c(cc1CN1CC3CCCN3CC1=O)CCCC2.COC(OC)c1nc2c(cc1CN1CC3CCCN3CC1=O)CCCN2C(=O)Nc1cc(OC2CC2)c(C#N)cn1.Cl.Cl.N#Cc1cnc(NC(=O)Oc2ccccc2)cc1OC1CC1. The summed E-state index contributed by atoms with van der Waals surface area (Å²) in [5.41, 5.74) is 16.4. The summed E-state index contributed by atoms with van der Waals surface area (Å²) in [7, 11) is 9.46. The van der Waals surface area contributed by atoms with E-state index in [1.807, 2.05) is 47.9 Å². The van der Waals surface area contributed by atoms with Crippen molar-refractivity contribution in [1.82, 2.24) is 59.6 Å². The van der Waals surface area contributed by atoms with E-state index in [4.69, 9.17) is 73.1 Å². The number of urea groups is 1. The minimum Gasteiger partial charge on any atom is -0.489 e. The third kappa shape index (κ3) is 36.5. The smallest absolute Gasteiger partial charge is 0.418 e. The van der Waals surface area contributed by atoms with Gasteiger partial charge in [-0.15, -0.1) is 24.8 Å². The first-order valence-electron chi connectivity index (χ1n) is 51.9. The van der Waals surface area contributed by atoms with Crippen LogP contribution in [0, 0.1) is 22.7 Å². The molecule has 41 heteroatoms. The van der Waals surface area contributed by atoms with E-state index in [9.17, 15) is 43.6 Å². The van der Waals surface area contributed by atoms with Crippen molar-refractivity contribution in [2.45, 2.75) is 276 Å². The molecule has 5 atom stereocenters. The van der Waals surface area contributed by atoms with Gasteiger partial charge in [0.05, 0.1) is 70.6 Å². The number of fused-ring (bicyclic) bond motifs is 5. The van der Waals surface area contributed by atoms with Gasteiger partial charge in [0.1, 0.15) is 80.4 Å². The number of carbonyl (C=O) groups excluding carboxylic acids is 8. The van der Waals surface area contributed by atoms with Crippen molar-refractivity contribution in [2.24, 2.45) is 5.73 Å². The molecule has 812 valence electrons. The minimum absolute atomic E-state index is 0. The lowest BCUT2D eigenvalue weighted by molar-refractivity contribution is -0.145. The number of esters is 3. The molecule has 18 rings (SSSR count). The highest BCUT2D eigenvalue weighted by Crippen LogP contribution is 2.38. The fraction of sp³-hybridized carbons (Fsp3) is 0.617. The average molecular weight is 2160 g/mol. The van der Waals surface area contributed by atoms with Crippen LogP contribution in [-0.2, 0) is 112 Å². The summed E-state index contributed by atoms with van der Waals surface area (Å²) in [6, 6.07) is 24.5. The van der Waals surface area contributed by atoms with E-state index in [0.717, 1.165) is 176 Å². The summed E-state index contributed by atoms with van der Waals surface area (Å²) in [6.45, 7) is 22.1. The number of hydrogen-bond donors (Lipinski definition) is 4. The maximum absolute atomic E-state index is 13.5. The van der Waals surface area contributed by atoms with E-state index in [2.05, 4.69) is 97.2 Å². The van der Waals surface area contributed by atoms with Gasteiger partial charge in [0.2, 0.25) is 30.7 Å². The molecule has 0 radical (unpaired) electrons. The van der Waals surface area contributed by atoms with Crippen molar-refractivity contribution in [1.29, 1.82) is 10.5 Å². The van der Waals surface area contributed by atoms with Gasteiger partial charge >= 0.3 is 30.0 Å². The number of nitrogens with zero attached hydrogens (tertiary/aromatic N) is 14. The second-order valence-corrected chi connectivity index (χ2v) is 38.2. The molecule has 1 aromatic carbocycles. The number of carbonyl (C=O) groups is 8. The summed E-state index contributed by atoms with van der Waals surface area (Å²) in [5, 5.41) is 27.5. The zero-order valence-electron chi connectivity index (χ0n) is 87.8. The van der Waals surface area contributed by atoms with Crippen LogP contribution in [0.4, 0.5) is 27.0 Å². The molecule has 2 saturated carbocycles.